The highest BCUT2D eigenvalue weighted by Gasteiger charge is 2.12. The van der Waals surface area contributed by atoms with Crippen LogP contribution in [0.1, 0.15) is 31.9 Å². The second-order valence-electron chi connectivity index (χ2n) is 6.82. The van der Waals surface area contributed by atoms with Crippen molar-refractivity contribution < 1.29 is 9.53 Å². The van der Waals surface area contributed by atoms with Crippen molar-refractivity contribution in [2.75, 3.05) is 19.7 Å². The summed E-state index contributed by atoms with van der Waals surface area (Å²) < 4.78 is 7.64. The molecule has 3 aromatic heterocycles. The van der Waals surface area contributed by atoms with Gasteiger partial charge < -0.3 is 9.64 Å². The molecule has 7 nitrogen and oxygen atoms in total. The van der Waals surface area contributed by atoms with Crippen LogP contribution in [0, 0.1) is 0 Å². The van der Waals surface area contributed by atoms with Crippen LogP contribution in [0.15, 0.2) is 36.9 Å². The van der Waals surface area contributed by atoms with E-state index in [2.05, 4.69) is 10.1 Å². The molecular weight excluding hydrogens is 342 g/mol. The predicted octanol–water partition coefficient (Wildman–Crippen LogP) is 2.75. The molecule has 1 aliphatic heterocycles. The fraction of sp³-hybridized carbons (Fsp3) is 0.400. The summed E-state index contributed by atoms with van der Waals surface area (Å²) >= 11 is 0. The summed E-state index contributed by atoms with van der Waals surface area (Å²) in [6.45, 7) is 3.65. The molecule has 3 aromatic rings. The molecule has 0 saturated heterocycles. The summed E-state index contributed by atoms with van der Waals surface area (Å²) in [6, 6.07) is 3.97. The third-order valence-corrected chi connectivity index (χ3v) is 4.85. The minimum Gasteiger partial charge on any atom is -0.492 e. The van der Waals surface area contributed by atoms with Crippen LogP contribution >= 0.6 is 0 Å². The fourth-order valence-electron chi connectivity index (χ4n) is 3.38. The number of amides is 1. The molecule has 0 radical (unpaired) electrons. The third kappa shape index (κ3) is 3.92. The van der Waals surface area contributed by atoms with Gasteiger partial charge in [-0.25, -0.2) is 9.50 Å². The van der Waals surface area contributed by atoms with E-state index in [4.69, 9.17) is 9.72 Å². The molecule has 4 bridgehead atoms. The Morgan fingerprint density at radius 3 is 2.93 bits per heavy atom. The van der Waals surface area contributed by atoms with Gasteiger partial charge in [-0.3, -0.25) is 9.78 Å². The van der Waals surface area contributed by atoms with Crippen molar-refractivity contribution in [3.05, 3.63) is 42.6 Å². The lowest BCUT2D eigenvalue weighted by Gasteiger charge is -2.21. The van der Waals surface area contributed by atoms with Crippen LogP contribution in [0.25, 0.3) is 16.8 Å². The summed E-state index contributed by atoms with van der Waals surface area (Å²) in [5.41, 5.74) is 3.74. The van der Waals surface area contributed by atoms with Gasteiger partial charge in [-0.15, -0.1) is 0 Å². The number of pyridine rings is 1. The van der Waals surface area contributed by atoms with Gasteiger partial charge in [0, 0.05) is 49.2 Å². The maximum Gasteiger partial charge on any atom is 0.219 e. The van der Waals surface area contributed by atoms with Gasteiger partial charge in [0.25, 0.3) is 0 Å². The highest BCUT2D eigenvalue weighted by Crippen LogP contribution is 2.26. The van der Waals surface area contributed by atoms with Gasteiger partial charge in [-0.05, 0) is 37.8 Å². The number of rotatable bonds is 0. The number of carbonyl (C=O) groups is 1. The number of fused-ring (bicyclic) bond motifs is 4. The van der Waals surface area contributed by atoms with Gasteiger partial charge >= 0.3 is 0 Å². The molecule has 0 aromatic carbocycles. The van der Waals surface area contributed by atoms with Crippen molar-refractivity contribution in [1.82, 2.24) is 24.5 Å². The zero-order chi connectivity index (χ0) is 18.6. The number of ether oxygens (including phenoxy) is 1. The lowest BCUT2D eigenvalue weighted by atomic mass is 10.1. The van der Waals surface area contributed by atoms with E-state index in [1.54, 1.807) is 23.8 Å². The van der Waals surface area contributed by atoms with Crippen LogP contribution in [0.2, 0.25) is 0 Å². The van der Waals surface area contributed by atoms with Gasteiger partial charge in [-0.2, -0.15) is 5.10 Å². The summed E-state index contributed by atoms with van der Waals surface area (Å²) in [7, 11) is 0. The van der Waals surface area contributed by atoms with Crippen molar-refractivity contribution in [2.45, 2.75) is 32.6 Å². The van der Waals surface area contributed by atoms with E-state index in [1.807, 2.05) is 29.4 Å². The van der Waals surface area contributed by atoms with Crippen LogP contribution in [0.4, 0.5) is 0 Å². The first kappa shape index (κ1) is 17.5. The zero-order valence-corrected chi connectivity index (χ0v) is 15.5. The average molecular weight is 365 g/mol. The quantitative estimate of drug-likeness (QED) is 0.612. The van der Waals surface area contributed by atoms with Crippen LogP contribution in [0.5, 0.6) is 5.75 Å². The smallest absolute Gasteiger partial charge is 0.219 e. The Morgan fingerprint density at radius 1 is 1.15 bits per heavy atom. The number of hydrogen-bond acceptors (Lipinski definition) is 5. The number of aryl methyl sites for hydroxylation is 1. The van der Waals surface area contributed by atoms with Gasteiger partial charge in [0.15, 0.2) is 5.65 Å². The summed E-state index contributed by atoms with van der Waals surface area (Å²) in [5, 5.41) is 4.41. The zero-order valence-electron chi connectivity index (χ0n) is 15.5. The Bertz CT molecular complexity index is 952. The lowest BCUT2D eigenvalue weighted by Crippen LogP contribution is -2.31. The van der Waals surface area contributed by atoms with Gasteiger partial charge in [0.05, 0.1) is 19.0 Å². The Balaban J connectivity index is 1.67. The molecule has 4 heterocycles. The van der Waals surface area contributed by atoms with E-state index >= 15 is 0 Å². The minimum absolute atomic E-state index is 0.114. The Morgan fingerprint density at radius 2 is 2.04 bits per heavy atom. The summed E-state index contributed by atoms with van der Waals surface area (Å²) in [5.74, 6) is 0.827. The monoisotopic (exact) mass is 365 g/mol. The van der Waals surface area contributed by atoms with Gasteiger partial charge in [0.1, 0.15) is 5.75 Å². The number of hydrogen-bond donors (Lipinski definition) is 0. The van der Waals surface area contributed by atoms with Gasteiger partial charge in [-0.1, -0.05) is 0 Å². The van der Waals surface area contributed by atoms with Crippen molar-refractivity contribution in [2.24, 2.45) is 0 Å². The molecule has 0 atom stereocenters. The van der Waals surface area contributed by atoms with E-state index < -0.39 is 0 Å². The maximum atomic E-state index is 11.8. The normalized spacial score (nSPS) is 15.7. The van der Waals surface area contributed by atoms with E-state index in [0.29, 0.717) is 18.9 Å². The molecule has 1 aliphatic rings. The second kappa shape index (κ2) is 7.73. The Kier molecular flexibility index (Phi) is 5.00. The van der Waals surface area contributed by atoms with E-state index in [1.165, 1.54) is 0 Å². The molecule has 1 amide bonds. The molecule has 27 heavy (non-hydrogen) atoms. The molecular formula is C20H23N5O2. The molecule has 7 heteroatoms. The number of nitrogens with zero attached hydrogens (tertiary/aromatic N) is 5. The average Bonchev–Trinajstić information content (AvgIpc) is 3.09. The largest absolute Gasteiger partial charge is 0.492 e. The molecule has 0 fully saturated rings. The molecule has 0 N–H and O–H groups in total. The van der Waals surface area contributed by atoms with Gasteiger partial charge in [0.2, 0.25) is 5.91 Å². The summed E-state index contributed by atoms with van der Waals surface area (Å²) in [6.07, 6.45) is 10.9. The van der Waals surface area contributed by atoms with Crippen LogP contribution < -0.4 is 4.74 Å². The standard InChI is InChI=1S/C20H23N5O2/c1-15(26)24-7-3-2-5-17-6-9-25-20(23-17)19(14-22-25)16-11-18(13-21-12-16)27-10-4-8-24/h6,9,11-14H,2-5,7-8,10H2,1H3. The fourth-order valence-corrected chi connectivity index (χ4v) is 3.38. The van der Waals surface area contributed by atoms with Crippen molar-refractivity contribution in [1.29, 1.82) is 0 Å². The highest BCUT2D eigenvalue weighted by atomic mass is 16.5. The lowest BCUT2D eigenvalue weighted by molar-refractivity contribution is -0.129. The van der Waals surface area contributed by atoms with Crippen LogP contribution in [-0.2, 0) is 11.2 Å². The maximum absolute atomic E-state index is 11.8. The van der Waals surface area contributed by atoms with Crippen molar-refractivity contribution in [3.8, 4) is 16.9 Å². The first-order valence-electron chi connectivity index (χ1n) is 9.38. The molecule has 140 valence electrons. The molecule has 0 saturated carbocycles. The summed E-state index contributed by atoms with van der Waals surface area (Å²) in [4.78, 5) is 22.9. The van der Waals surface area contributed by atoms with Crippen LogP contribution in [-0.4, -0.2) is 50.1 Å². The highest BCUT2D eigenvalue weighted by molar-refractivity contribution is 5.77. The SMILES string of the molecule is CC(=O)N1CCCCc2ccn3ncc(c3n2)-c2cncc(c2)OCCC1. The topological polar surface area (TPSA) is 72.6 Å². The van der Waals surface area contributed by atoms with E-state index in [-0.39, 0.29) is 5.91 Å². The van der Waals surface area contributed by atoms with Crippen LogP contribution in [0.3, 0.4) is 0 Å². The Labute approximate surface area is 158 Å². The minimum atomic E-state index is 0.114. The first-order chi connectivity index (χ1) is 13.2. The Hall–Kier alpha value is -2.96. The van der Waals surface area contributed by atoms with E-state index in [0.717, 1.165) is 54.7 Å². The number of carbonyl (C=O) groups excluding carboxylic acids is 1. The molecule has 0 spiro atoms. The second-order valence-corrected chi connectivity index (χ2v) is 6.82. The van der Waals surface area contributed by atoms with Crippen molar-refractivity contribution >= 4 is 11.6 Å². The van der Waals surface area contributed by atoms with Crippen molar-refractivity contribution in [3.63, 3.8) is 0 Å². The molecule has 0 aliphatic carbocycles. The van der Waals surface area contributed by atoms with E-state index in [9.17, 15) is 4.79 Å². The number of aromatic nitrogens is 4. The predicted molar refractivity (Wildman–Crippen MR) is 102 cm³/mol. The molecule has 0 unspecified atom stereocenters. The first-order valence-corrected chi connectivity index (χ1v) is 9.38. The molecule has 4 rings (SSSR count). The third-order valence-electron chi connectivity index (χ3n) is 4.85.